The van der Waals surface area contributed by atoms with Crippen molar-refractivity contribution in [1.29, 1.82) is 0 Å². The number of hydrogen-bond acceptors (Lipinski definition) is 6. The van der Waals surface area contributed by atoms with Crippen molar-refractivity contribution >= 4 is 23.0 Å². The molecule has 3 rings (SSSR count). The Labute approximate surface area is 167 Å². The van der Waals surface area contributed by atoms with Gasteiger partial charge in [-0.1, -0.05) is 6.07 Å². The van der Waals surface area contributed by atoms with Crippen LogP contribution >= 0.6 is 11.3 Å². The van der Waals surface area contributed by atoms with Gasteiger partial charge in [-0.05, 0) is 36.4 Å². The first kappa shape index (κ1) is 19.7. The first-order chi connectivity index (χ1) is 13.7. The van der Waals surface area contributed by atoms with Gasteiger partial charge >= 0.3 is 0 Å². The van der Waals surface area contributed by atoms with Crippen LogP contribution in [0.3, 0.4) is 0 Å². The van der Waals surface area contributed by atoms with E-state index in [2.05, 4.69) is 15.3 Å². The summed E-state index contributed by atoms with van der Waals surface area (Å²) in [5.74, 6) is 0.502. The molecule has 6 nitrogen and oxygen atoms in total. The van der Waals surface area contributed by atoms with Gasteiger partial charge in [-0.15, -0.1) is 11.3 Å². The van der Waals surface area contributed by atoms with E-state index in [1.807, 2.05) is 23.6 Å². The normalized spacial score (nSPS) is 10.5. The number of amides is 1. The topological polar surface area (TPSA) is 81.2 Å². The molecule has 0 aliphatic carbocycles. The lowest BCUT2D eigenvalue weighted by molar-refractivity contribution is -0.121. The lowest BCUT2D eigenvalue weighted by atomic mass is 10.1. The minimum Gasteiger partial charge on any atom is -0.497 e. The van der Waals surface area contributed by atoms with Crippen LogP contribution in [0.1, 0.15) is 28.9 Å². The fourth-order valence-corrected chi connectivity index (χ4v) is 3.43. The van der Waals surface area contributed by atoms with Crippen molar-refractivity contribution in [3.8, 4) is 16.5 Å². The number of carbonyl (C=O) groups is 2. The predicted octanol–water partition coefficient (Wildman–Crippen LogP) is 3.54. The first-order valence-corrected chi connectivity index (χ1v) is 9.83. The van der Waals surface area contributed by atoms with Gasteiger partial charge in [0, 0.05) is 42.9 Å². The van der Waals surface area contributed by atoms with E-state index in [1.165, 1.54) is 11.3 Å². The molecule has 2 aromatic heterocycles. The van der Waals surface area contributed by atoms with Crippen LogP contribution < -0.4 is 10.1 Å². The van der Waals surface area contributed by atoms with Gasteiger partial charge in [0.05, 0.1) is 18.5 Å². The standard InChI is InChI=1S/C21H21N3O3S/c1-27-17-7-5-15(6-8-17)19(25)9-10-20(26)23-13-11-16-14-28-21(24-16)18-4-2-3-12-22-18/h2-8,12,14H,9-11,13H2,1H3,(H,23,26). The Morgan fingerprint density at radius 2 is 1.93 bits per heavy atom. The number of pyridine rings is 1. The molecule has 1 amide bonds. The number of carbonyl (C=O) groups excluding carboxylic acids is 2. The van der Waals surface area contributed by atoms with Crippen LogP contribution in [-0.4, -0.2) is 35.3 Å². The second-order valence-corrected chi connectivity index (χ2v) is 6.97. The van der Waals surface area contributed by atoms with Crippen LogP contribution in [-0.2, 0) is 11.2 Å². The molecule has 0 bridgehead atoms. The van der Waals surface area contributed by atoms with Crippen molar-refractivity contribution in [2.24, 2.45) is 0 Å². The Hall–Kier alpha value is -3.06. The van der Waals surface area contributed by atoms with Crippen LogP contribution in [0.4, 0.5) is 0 Å². The fraction of sp³-hybridized carbons (Fsp3) is 0.238. The number of ketones is 1. The number of nitrogens with one attached hydrogen (secondary N) is 1. The second-order valence-electron chi connectivity index (χ2n) is 6.11. The lowest BCUT2D eigenvalue weighted by Crippen LogP contribution is -2.26. The maximum atomic E-state index is 12.1. The number of ether oxygens (including phenoxy) is 1. The molecular formula is C21H21N3O3S. The number of hydrogen-bond donors (Lipinski definition) is 1. The first-order valence-electron chi connectivity index (χ1n) is 8.95. The highest BCUT2D eigenvalue weighted by Crippen LogP contribution is 2.21. The Bertz CT molecular complexity index is 924. The molecule has 2 heterocycles. The molecule has 1 aromatic carbocycles. The molecule has 0 saturated carbocycles. The average Bonchev–Trinajstić information content (AvgIpc) is 3.21. The highest BCUT2D eigenvalue weighted by Gasteiger charge is 2.10. The summed E-state index contributed by atoms with van der Waals surface area (Å²) in [6.45, 7) is 0.487. The minimum atomic E-state index is -0.137. The molecule has 0 spiro atoms. The molecule has 0 radical (unpaired) electrons. The summed E-state index contributed by atoms with van der Waals surface area (Å²) in [7, 11) is 1.58. The van der Waals surface area contributed by atoms with Gasteiger partial charge in [-0.25, -0.2) is 4.98 Å². The van der Waals surface area contributed by atoms with Gasteiger partial charge < -0.3 is 10.1 Å². The molecular weight excluding hydrogens is 374 g/mol. The van der Waals surface area contributed by atoms with Crippen molar-refractivity contribution < 1.29 is 14.3 Å². The Balaban J connectivity index is 1.40. The Kier molecular flexibility index (Phi) is 6.86. The van der Waals surface area contributed by atoms with E-state index in [4.69, 9.17) is 4.74 Å². The quantitative estimate of drug-likeness (QED) is 0.561. The largest absolute Gasteiger partial charge is 0.497 e. The van der Waals surface area contributed by atoms with E-state index in [0.717, 1.165) is 16.4 Å². The predicted molar refractivity (Wildman–Crippen MR) is 109 cm³/mol. The molecule has 1 N–H and O–H groups in total. The van der Waals surface area contributed by atoms with Gasteiger partial charge in [0.15, 0.2) is 5.78 Å². The van der Waals surface area contributed by atoms with Gasteiger partial charge in [-0.2, -0.15) is 0 Å². The monoisotopic (exact) mass is 395 g/mol. The van der Waals surface area contributed by atoms with Gasteiger partial charge in [0.1, 0.15) is 10.8 Å². The summed E-state index contributed by atoms with van der Waals surface area (Å²) in [5.41, 5.74) is 2.35. The highest BCUT2D eigenvalue weighted by molar-refractivity contribution is 7.13. The molecule has 144 valence electrons. The molecule has 28 heavy (non-hydrogen) atoms. The van der Waals surface area contributed by atoms with Crippen molar-refractivity contribution in [1.82, 2.24) is 15.3 Å². The molecule has 0 fully saturated rings. The number of rotatable bonds is 9. The maximum Gasteiger partial charge on any atom is 0.220 e. The van der Waals surface area contributed by atoms with Gasteiger partial charge in [0.2, 0.25) is 5.91 Å². The van der Waals surface area contributed by atoms with Gasteiger partial charge in [-0.3, -0.25) is 14.6 Å². The third kappa shape index (κ3) is 5.47. The van der Waals surface area contributed by atoms with E-state index in [9.17, 15) is 9.59 Å². The summed E-state index contributed by atoms with van der Waals surface area (Å²) in [6.07, 6.45) is 2.73. The van der Waals surface area contributed by atoms with Crippen LogP contribution in [0.15, 0.2) is 54.0 Å². The van der Waals surface area contributed by atoms with Crippen molar-refractivity contribution in [2.75, 3.05) is 13.7 Å². The number of thiazole rings is 1. The van der Waals surface area contributed by atoms with E-state index in [-0.39, 0.29) is 24.5 Å². The summed E-state index contributed by atoms with van der Waals surface area (Å²) in [4.78, 5) is 33.0. The average molecular weight is 395 g/mol. The summed E-state index contributed by atoms with van der Waals surface area (Å²) >= 11 is 1.54. The maximum absolute atomic E-state index is 12.1. The number of methoxy groups -OCH3 is 1. The highest BCUT2D eigenvalue weighted by atomic mass is 32.1. The Morgan fingerprint density at radius 3 is 2.64 bits per heavy atom. The summed E-state index contributed by atoms with van der Waals surface area (Å²) < 4.78 is 5.07. The number of Topliss-reactive ketones (excluding diaryl/α,β-unsaturated/α-hetero) is 1. The third-order valence-corrected chi connectivity index (χ3v) is 5.04. The molecule has 3 aromatic rings. The number of benzene rings is 1. The van der Waals surface area contributed by atoms with Crippen molar-refractivity contribution in [2.45, 2.75) is 19.3 Å². The lowest BCUT2D eigenvalue weighted by Gasteiger charge is -2.05. The SMILES string of the molecule is COc1ccc(C(=O)CCC(=O)NCCc2csc(-c3ccccn3)n2)cc1. The van der Waals surface area contributed by atoms with Crippen LogP contribution in [0.2, 0.25) is 0 Å². The van der Waals surface area contributed by atoms with Crippen molar-refractivity contribution in [3.63, 3.8) is 0 Å². The molecule has 0 atom stereocenters. The van der Waals surface area contributed by atoms with E-state index >= 15 is 0 Å². The zero-order valence-electron chi connectivity index (χ0n) is 15.6. The van der Waals surface area contributed by atoms with E-state index in [1.54, 1.807) is 37.6 Å². The fourth-order valence-electron chi connectivity index (χ4n) is 2.60. The molecule has 0 aliphatic heterocycles. The Morgan fingerprint density at radius 1 is 1.11 bits per heavy atom. The van der Waals surface area contributed by atoms with Crippen LogP contribution in [0, 0.1) is 0 Å². The van der Waals surface area contributed by atoms with Crippen LogP contribution in [0.5, 0.6) is 5.75 Å². The van der Waals surface area contributed by atoms with Gasteiger partial charge in [0.25, 0.3) is 0 Å². The summed E-state index contributed by atoms with van der Waals surface area (Å²) in [6, 6.07) is 12.6. The summed E-state index contributed by atoms with van der Waals surface area (Å²) in [5, 5.41) is 5.69. The molecule has 0 aliphatic rings. The third-order valence-electron chi connectivity index (χ3n) is 4.13. The van der Waals surface area contributed by atoms with E-state index in [0.29, 0.717) is 24.3 Å². The molecule has 0 saturated heterocycles. The zero-order valence-corrected chi connectivity index (χ0v) is 16.4. The number of nitrogens with zero attached hydrogens (tertiary/aromatic N) is 2. The van der Waals surface area contributed by atoms with E-state index < -0.39 is 0 Å². The van der Waals surface area contributed by atoms with Crippen LogP contribution in [0.25, 0.3) is 10.7 Å². The molecule has 7 heteroatoms. The zero-order chi connectivity index (χ0) is 19.8. The molecule has 0 unspecified atom stereocenters. The second kappa shape index (κ2) is 9.75. The minimum absolute atomic E-state index is 0.0580. The van der Waals surface area contributed by atoms with Crippen molar-refractivity contribution in [3.05, 3.63) is 65.3 Å². The number of aromatic nitrogens is 2. The smallest absolute Gasteiger partial charge is 0.220 e.